The Hall–Kier alpha value is -2.73. The van der Waals surface area contributed by atoms with E-state index in [1.165, 1.54) is 11.1 Å². The highest BCUT2D eigenvalue weighted by Gasteiger charge is 2.16. The summed E-state index contributed by atoms with van der Waals surface area (Å²) in [5.41, 5.74) is 6.44. The number of hydrogen-bond acceptors (Lipinski definition) is 4. The Balaban J connectivity index is 1.48. The van der Waals surface area contributed by atoms with Crippen molar-refractivity contribution in [1.29, 1.82) is 0 Å². The molecule has 2 aromatic heterocycles. The normalized spacial score (nSPS) is 15.0. The molecule has 1 aromatic carbocycles. The molecule has 0 radical (unpaired) electrons. The van der Waals surface area contributed by atoms with Gasteiger partial charge in [-0.2, -0.15) is 5.10 Å². The number of carbonyl (C=O) groups is 1. The second-order valence-corrected chi connectivity index (χ2v) is 6.99. The van der Waals surface area contributed by atoms with E-state index in [1.54, 1.807) is 0 Å². The van der Waals surface area contributed by atoms with Crippen LogP contribution < -0.4 is 10.6 Å². The lowest BCUT2D eigenvalue weighted by molar-refractivity contribution is -0.116. The van der Waals surface area contributed by atoms with Crippen LogP contribution in [0.15, 0.2) is 30.5 Å². The third-order valence-corrected chi connectivity index (χ3v) is 5.06. The second-order valence-electron chi connectivity index (χ2n) is 6.99. The van der Waals surface area contributed by atoms with E-state index in [1.807, 2.05) is 30.9 Å². The average Bonchev–Trinajstić information content (AvgIpc) is 2.93. The first-order chi connectivity index (χ1) is 12.5. The monoisotopic (exact) mass is 349 g/mol. The molecule has 6 heteroatoms. The minimum atomic E-state index is 0.102. The Kier molecular flexibility index (Phi) is 4.20. The quantitative estimate of drug-likeness (QED) is 0.759. The largest absolute Gasteiger partial charge is 0.326 e. The number of nitrogens with one attached hydrogen (secondary N) is 2. The Morgan fingerprint density at radius 1 is 1.31 bits per heavy atom. The summed E-state index contributed by atoms with van der Waals surface area (Å²) < 4.78 is 1.82. The lowest BCUT2D eigenvalue weighted by atomic mass is 9.97. The van der Waals surface area contributed by atoms with Gasteiger partial charge in [-0.1, -0.05) is 12.1 Å². The molecule has 6 nitrogen and oxygen atoms in total. The summed E-state index contributed by atoms with van der Waals surface area (Å²) in [5.74, 6) is 0.102. The molecule has 1 amide bonds. The van der Waals surface area contributed by atoms with Gasteiger partial charge in [0.05, 0.1) is 5.69 Å². The molecule has 0 saturated carbocycles. The van der Waals surface area contributed by atoms with Crippen LogP contribution in [0.1, 0.15) is 41.8 Å². The van der Waals surface area contributed by atoms with E-state index >= 15 is 0 Å². The van der Waals surface area contributed by atoms with Gasteiger partial charge in [0.15, 0.2) is 5.65 Å². The molecule has 1 aliphatic rings. The van der Waals surface area contributed by atoms with Crippen molar-refractivity contribution in [2.75, 3.05) is 5.32 Å². The van der Waals surface area contributed by atoms with Crippen molar-refractivity contribution >= 4 is 22.6 Å². The lowest BCUT2D eigenvalue weighted by Gasteiger charge is -2.20. The third-order valence-electron chi connectivity index (χ3n) is 5.06. The van der Waals surface area contributed by atoms with Gasteiger partial charge < -0.3 is 10.6 Å². The van der Waals surface area contributed by atoms with Gasteiger partial charge in [0, 0.05) is 43.3 Å². The number of rotatable bonds is 4. The van der Waals surface area contributed by atoms with Gasteiger partial charge in [-0.25, -0.2) is 4.98 Å². The number of pyridine rings is 1. The molecule has 134 valence electrons. The molecule has 1 atom stereocenters. The number of aryl methyl sites for hydroxylation is 3. The highest BCUT2D eigenvalue weighted by molar-refractivity contribution is 5.93. The van der Waals surface area contributed by atoms with E-state index in [4.69, 9.17) is 0 Å². The van der Waals surface area contributed by atoms with E-state index in [2.05, 4.69) is 45.8 Å². The Bertz CT molecular complexity index is 991. The van der Waals surface area contributed by atoms with Crippen LogP contribution >= 0.6 is 0 Å². The summed E-state index contributed by atoms with van der Waals surface area (Å²) in [7, 11) is 1.92. The van der Waals surface area contributed by atoms with Gasteiger partial charge >= 0.3 is 0 Å². The zero-order valence-corrected chi connectivity index (χ0v) is 15.3. The first-order valence-corrected chi connectivity index (χ1v) is 8.95. The fourth-order valence-corrected chi connectivity index (χ4v) is 3.51. The number of aromatic nitrogens is 3. The predicted molar refractivity (Wildman–Crippen MR) is 102 cm³/mol. The van der Waals surface area contributed by atoms with Crippen LogP contribution in [0.2, 0.25) is 0 Å². The number of nitrogens with zero attached hydrogens (tertiary/aromatic N) is 3. The molecule has 26 heavy (non-hydrogen) atoms. The Morgan fingerprint density at radius 3 is 3.00 bits per heavy atom. The molecule has 0 fully saturated rings. The van der Waals surface area contributed by atoms with E-state index in [0.717, 1.165) is 40.9 Å². The fraction of sp³-hybridized carbons (Fsp3) is 0.350. The van der Waals surface area contributed by atoms with Gasteiger partial charge in [0.1, 0.15) is 0 Å². The summed E-state index contributed by atoms with van der Waals surface area (Å²) in [6, 6.07) is 8.65. The highest BCUT2D eigenvalue weighted by Crippen LogP contribution is 2.26. The molecule has 0 aliphatic carbocycles. The van der Waals surface area contributed by atoms with Crippen LogP contribution in [0.4, 0.5) is 5.69 Å². The van der Waals surface area contributed by atoms with Gasteiger partial charge in [-0.3, -0.25) is 9.48 Å². The van der Waals surface area contributed by atoms with Crippen molar-refractivity contribution in [2.45, 2.75) is 39.3 Å². The number of benzene rings is 1. The minimum Gasteiger partial charge on any atom is -0.326 e. The zero-order valence-electron chi connectivity index (χ0n) is 15.3. The first-order valence-electron chi connectivity index (χ1n) is 8.95. The molecule has 0 bridgehead atoms. The van der Waals surface area contributed by atoms with Crippen LogP contribution in [0.3, 0.4) is 0 Å². The Morgan fingerprint density at radius 2 is 2.15 bits per heavy atom. The molecule has 3 heterocycles. The van der Waals surface area contributed by atoms with Crippen molar-refractivity contribution in [1.82, 2.24) is 20.1 Å². The summed E-state index contributed by atoms with van der Waals surface area (Å²) in [6.45, 7) is 4.91. The standard InChI is InChI=1S/C20H23N5O/c1-12(15-4-6-18-16(9-15)5-7-19(26)23-18)21-10-14-8-17-13(2)24-25(3)20(17)22-11-14/h4,6,8-9,11-12,21H,5,7,10H2,1-3H3,(H,23,26). The summed E-state index contributed by atoms with van der Waals surface area (Å²) in [6.07, 6.45) is 3.28. The maximum absolute atomic E-state index is 11.5. The maximum Gasteiger partial charge on any atom is 0.224 e. The molecule has 1 unspecified atom stereocenters. The summed E-state index contributed by atoms with van der Waals surface area (Å²) >= 11 is 0. The minimum absolute atomic E-state index is 0.102. The van der Waals surface area contributed by atoms with Crippen LogP contribution in [0.25, 0.3) is 11.0 Å². The molecule has 4 rings (SSSR count). The summed E-state index contributed by atoms with van der Waals surface area (Å²) in [5, 5.41) is 12.0. The van der Waals surface area contributed by atoms with Crippen molar-refractivity contribution in [2.24, 2.45) is 7.05 Å². The van der Waals surface area contributed by atoms with E-state index in [-0.39, 0.29) is 11.9 Å². The van der Waals surface area contributed by atoms with Crippen molar-refractivity contribution in [3.8, 4) is 0 Å². The zero-order chi connectivity index (χ0) is 18.3. The second kappa shape index (κ2) is 6.53. The molecule has 1 aliphatic heterocycles. The lowest BCUT2D eigenvalue weighted by Crippen LogP contribution is -2.21. The maximum atomic E-state index is 11.5. The van der Waals surface area contributed by atoms with Crippen LogP contribution in [0, 0.1) is 6.92 Å². The fourth-order valence-electron chi connectivity index (χ4n) is 3.51. The molecule has 2 N–H and O–H groups in total. The topological polar surface area (TPSA) is 71.8 Å². The SMILES string of the molecule is Cc1nn(C)c2ncc(CNC(C)c3ccc4c(c3)CCC(=O)N4)cc12. The first kappa shape index (κ1) is 16.7. The van der Waals surface area contributed by atoms with Crippen LogP contribution in [-0.2, 0) is 24.8 Å². The molecule has 3 aromatic rings. The molecule has 0 saturated heterocycles. The van der Waals surface area contributed by atoms with Crippen LogP contribution in [-0.4, -0.2) is 20.7 Å². The predicted octanol–water partition coefficient (Wildman–Crippen LogP) is 3.01. The van der Waals surface area contributed by atoms with Crippen LogP contribution in [0.5, 0.6) is 0 Å². The summed E-state index contributed by atoms with van der Waals surface area (Å²) in [4.78, 5) is 16.0. The van der Waals surface area contributed by atoms with Gasteiger partial charge in [0.25, 0.3) is 0 Å². The van der Waals surface area contributed by atoms with Gasteiger partial charge in [0.2, 0.25) is 5.91 Å². The van der Waals surface area contributed by atoms with E-state index < -0.39 is 0 Å². The van der Waals surface area contributed by atoms with Gasteiger partial charge in [-0.15, -0.1) is 0 Å². The van der Waals surface area contributed by atoms with Crippen molar-refractivity contribution < 1.29 is 4.79 Å². The van der Waals surface area contributed by atoms with E-state index in [0.29, 0.717) is 6.42 Å². The number of amides is 1. The number of carbonyl (C=O) groups excluding carboxylic acids is 1. The number of anilines is 1. The molecular formula is C20H23N5O. The van der Waals surface area contributed by atoms with E-state index in [9.17, 15) is 4.79 Å². The number of hydrogen-bond donors (Lipinski definition) is 2. The van der Waals surface area contributed by atoms with Gasteiger partial charge in [-0.05, 0) is 49.1 Å². The smallest absolute Gasteiger partial charge is 0.224 e. The molecule has 0 spiro atoms. The Labute approximate surface area is 152 Å². The number of fused-ring (bicyclic) bond motifs is 2. The average molecular weight is 349 g/mol. The molecular weight excluding hydrogens is 326 g/mol. The third kappa shape index (κ3) is 3.08. The van der Waals surface area contributed by atoms with Crippen molar-refractivity contribution in [3.05, 3.63) is 52.8 Å². The highest BCUT2D eigenvalue weighted by atomic mass is 16.1. The van der Waals surface area contributed by atoms with Crippen molar-refractivity contribution in [3.63, 3.8) is 0 Å².